The fourth-order valence-electron chi connectivity index (χ4n) is 1.67. The van der Waals surface area contributed by atoms with Gasteiger partial charge in [0.25, 0.3) is 0 Å². The molecule has 0 spiro atoms. The Morgan fingerprint density at radius 3 is 3.38 bits per heavy atom. The summed E-state index contributed by atoms with van der Waals surface area (Å²) in [7, 11) is 0. The Labute approximate surface area is 100.0 Å². The van der Waals surface area contributed by atoms with Crippen LogP contribution < -0.4 is 5.32 Å². The van der Waals surface area contributed by atoms with Gasteiger partial charge in [0, 0.05) is 19.3 Å². The van der Waals surface area contributed by atoms with Gasteiger partial charge in [-0.05, 0) is 19.8 Å². The second-order valence-corrected chi connectivity index (χ2v) is 4.93. The summed E-state index contributed by atoms with van der Waals surface area (Å²) in [4.78, 5) is 5.41. The van der Waals surface area contributed by atoms with Gasteiger partial charge in [-0.2, -0.15) is 0 Å². The molecule has 1 aromatic rings. The molecule has 1 aliphatic rings. The van der Waals surface area contributed by atoms with E-state index in [2.05, 4.69) is 17.2 Å². The average molecular weight is 242 g/mol. The maximum atomic E-state index is 5.61. The molecule has 1 aromatic heterocycles. The third-order valence-corrected chi connectivity index (χ3v) is 3.38. The quantitative estimate of drug-likeness (QED) is 0.831. The molecule has 0 aromatic carbocycles. The molecule has 1 fully saturated rings. The van der Waals surface area contributed by atoms with Gasteiger partial charge in [0.05, 0.1) is 24.2 Å². The summed E-state index contributed by atoms with van der Waals surface area (Å²) in [6.45, 7) is 5.20. The first kappa shape index (κ1) is 11.8. The third-order valence-electron chi connectivity index (χ3n) is 2.45. The van der Waals surface area contributed by atoms with Gasteiger partial charge < -0.3 is 14.8 Å². The number of ether oxygens (including phenoxy) is 2. The van der Waals surface area contributed by atoms with Crippen LogP contribution in [0.2, 0.25) is 0 Å². The maximum absolute atomic E-state index is 5.61. The van der Waals surface area contributed by atoms with Crippen molar-refractivity contribution in [3.05, 3.63) is 11.1 Å². The Hall–Kier alpha value is -0.650. The van der Waals surface area contributed by atoms with Crippen LogP contribution in [0.25, 0.3) is 0 Å². The predicted molar refractivity (Wildman–Crippen MR) is 64.9 cm³/mol. The van der Waals surface area contributed by atoms with Crippen LogP contribution in [0.1, 0.15) is 24.6 Å². The summed E-state index contributed by atoms with van der Waals surface area (Å²) >= 11 is 1.65. The van der Waals surface area contributed by atoms with Crippen molar-refractivity contribution < 1.29 is 9.47 Å². The summed E-state index contributed by atoms with van der Waals surface area (Å²) < 4.78 is 11.1. The highest BCUT2D eigenvalue weighted by atomic mass is 32.1. The van der Waals surface area contributed by atoms with E-state index in [0.29, 0.717) is 19.3 Å². The summed E-state index contributed by atoms with van der Waals surface area (Å²) in [5, 5.41) is 4.16. The molecule has 0 saturated carbocycles. The normalized spacial score (nSPS) is 20.2. The van der Waals surface area contributed by atoms with Crippen LogP contribution in [0.5, 0.6) is 0 Å². The highest BCUT2D eigenvalue weighted by molar-refractivity contribution is 7.15. The molecule has 1 saturated heterocycles. The van der Waals surface area contributed by atoms with E-state index in [4.69, 9.17) is 9.47 Å². The number of rotatable bonds is 6. The topological polar surface area (TPSA) is 43.4 Å². The van der Waals surface area contributed by atoms with Gasteiger partial charge in [-0.25, -0.2) is 4.98 Å². The molecule has 1 aliphatic heterocycles. The molecule has 2 heterocycles. The van der Waals surface area contributed by atoms with Gasteiger partial charge in [0.15, 0.2) is 5.13 Å². The van der Waals surface area contributed by atoms with Crippen LogP contribution in [0, 0.1) is 0 Å². The Balaban J connectivity index is 1.67. The summed E-state index contributed by atoms with van der Waals surface area (Å²) in [6.07, 6.45) is 4.48. The lowest BCUT2D eigenvalue weighted by Gasteiger charge is -2.08. The fourth-order valence-corrected chi connectivity index (χ4v) is 2.49. The van der Waals surface area contributed by atoms with Crippen molar-refractivity contribution in [1.82, 2.24) is 4.98 Å². The second kappa shape index (κ2) is 6.18. The zero-order valence-corrected chi connectivity index (χ0v) is 10.4. The van der Waals surface area contributed by atoms with Gasteiger partial charge >= 0.3 is 0 Å². The maximum Gasteiger partial charge on any atom is 0.182 e. The predicted octanol–water partition coefficient (Wildman–Crippen LogP) is 2.27. The number of aromatic nitrogens is 1. The number of anilines is 1. The van der Waals surface area contributed by atoms with Crippen LogP contribution in [-0.2, 0) is 16.1 Å². The highest BCUT2D eigenvalue weighted by Gasteiger charge is 2.15. The lowest BCUT2D eigenvalue weighted by Crippen LogP contribution is -2.13. The minimum atomic E-state index is 0.307. The summed E-state index contributed by atoms with van der Waals surface area (Å²) in [6, 6.07) is 0. The first-order valence-electron chi connectivity index (χ1n) is 5.76. The SMILES string of the molecule is CCNc1ncc(COCC2CCCO2)s1. The van der Waals surface area contributed by atoms with E-state index >= 15 is 0 Å². The Morgan fingerprint density at radius 1 is 1.69 bits per heavy atom. The monoisotopic (exact) mass is 242 g/mol. The largest absolute Gasteiger partial charge is 0.376 e. The highest BCUT2D eigenvalue weighted by Crippen LogP contribution is 2.19. The number of hydrogen-bond acceptors (Lipinski definition) is 5. The zero-order valence-electron chi connectivity index (χ0n) is 9.57. The number of thiazole rings is 1. The molecule has 1 unspecified atom stereocenters. The number of nitrogens with zero attached hydrogens (tertiary/aromatic N) is 1. The molecule has 0 bridgehead atoms. The van der Waals surface area contributed by atoms with E-state index in [1.165, 1.54) is 6.42 Å². The van der Waals surface area contributed by atoms with Gasteiger partial charge in [0.2, 0.25) is 0 Å². The van der Waals surface area contributed by atoms with Crippen LogP contribution in [0.3, 0.4) is 0 Å². The van der Waals surface area contributed by atoms with Gasteiger partial charge in [-0.1, -0.05) is 11.3 Å². The average Bonchev–Trinajstić information content (AvgIpc) is 2.90. The number of nitrogens with one attached hydrogen (secondary N) is 1. The molecule has 2 rings (SSSR count). The van der Waals surface area contributed by atoms with E-state index in [0.717, 1.165) is 29.6 Å². The molecule has 5 heteroatoms. The summed E-state index contributed by atoms with van der Waals surface area (Å²) in [5.74, 6) is 0. The van der Waals surface area contributed by atoms with E-state index in [1.54, 1.807) is 11.3 Å². The molecule has 0 amide bonds. The van der Waals surface area contributed by atoms with E-state index in [9.17, 15) is 0 Å². The van der Waals surface area contributed by atoms with Crippen LogP contribution in [-0.4, -0.2) is 30.8 Å². The van der Waals surface area contributed by atoms with Crippen molar-refractivity contribution in [1.29, 1.82) is 0 Å². The van der Waals surface area contributed by atoms with Crippen LogP contribution >= 0.6 is 11.3 Å². The molecule has 0 aliphatic carbocycles. The van der Waals surface area contributed by atoms with E-state index < -0.39 is 0 Å². The van der Waals surface area contributed by atoms with Gasteiger partial charge in [-0.15, -0.1) is 0 Å². The molecule has 1 atom stereocenters. The Morgan fingerprint density at radius 2 is 2.62 bits per heavy atom. The standard InChI is InChI=1S/C11H18N2O2S/c1-2-12-11-13-6-10(16-11)8-14-7-9-4-3-5-15-9/h6,9H,2-5,7-8H2,1H3,(H,12,13). The van der Waals surface area contributed by atoms with Crippen molar-refractivity contribution in [2.75, 3.05) is 25.1 Å². The van der Waals surface area contributed by atoms with Gasteiger partial charge in [0.1, 0.15) is 0 Å². The fraction of sp³-hybridized carbons (Fsp3) is 0.727. The van der Waals surface area contributed by atoms with Crippen LogP contribution in [0.15, 0.2) is 6.20 Å². The van der Waals surface area contributed by atoms with Crippen LogP contribution in [0.4, 0.5) is 5.13 Å². The minimum Gasteiger partial charge on any atom is -0.376 e. The zero-order chi connectivity index (χ0) is 11.2. The third kappa shape index (κ3) is 3.43. The van der Waals surface area contributed by atoms with Crippen molar-refractivity contribution in [2.24, 2.45) is 0 Å². The molecular weight excluding hydrogens is 224 g/mol. The Kier molecular flexibility index (Phi) is 4.56. The Bertz CT molecular complexity index is 311. The minimum absolute atomic E-state index is 0.307. The lowest BCUT2D eigenvalue weighted by atomic mass is 10.2. The first-order valence-corrected chi connectivity index (χ1v) is 6.58. The lowest BCUT2D eigenvalue weighted by molar-refractivity contribution is 0.0113. The number of hydrogen-bond donors (Lipinski definition) is 1. The summed E-state index contributed by atoms with van der Waals surface area (Å²) in [5.41, 5.74) is 0. The van der Waals surface area contributed by atoms with E-state index in [-0.39, 0.29) is 0 Å². The second-order valence-electron chi connectivity index (χ2n) is 3.81. The molecule has 90 valence electrons. The molecule has 16 heavy (non-hydrogen) atoms. The molecule has 0 radical (unpaired) electrons. The first-order chi connectivity index (χ1) is 7.88. The van der Waals surface area contributed by atoms with Gasteiger partial charge in [-0.3, -0.25) is 0 Å². The molecule has 4 nitrogen and oxygen atoms in total. The smallest absolute Gasteiger partial charge is 0.182 e. The van der Waals surface area contributed by atoms with Crippen molar-refractivity contribution in [3.8, 4) is 0 Å². The van der Waals surface area contributed by atoms with Crippen molar-refractivity contribution in [3.63, 3.8) is 0 Å². The van der Waals surface area contributed by atoms with Crippen molar-refractivity contribution >= 4 is 16.5 Å². The van der Waals surface area contributed by atoms with Crippen molar-refractivity contribution in [2.45, 2.75) is 32.5 Å². The molecular formula is C11H18N2O2S. The van der Waals surface area contributed by atoms with E-state index in [1.807, 2.05) is 6.20 Å². The molecule has 1 N–H and O–H groups in total.